The van der Waals surface area contributed by atoms with Crippen molar-refractivity contribution in [3.63, 3.8) is 0 Å². The summed E-state index contributed by atoms with van der Waals surface area (Å²) in [6.45, 7) is 1.79. The summed E-state index contributed by atoms with van der Waals surface area (Å²) < 4.78 is 4.40. The van der Waals surface area contributed by atoms with E-state index in [4.69, 9.17) is 5.11 Å². The number of esters is 1. The van der Waals surface area contributed by atoms with Crippen LogP contribution in [0, 0.1) is 0 Å². The van der Waals surface area contributed by atoms with Crippen LogP contribution in [-0.4, -0.2) is 54.7 Å². The van der Waals surface area contributed by atoms with E-state index in [2.05, 4.69) is 10.1 Å². The number of nitrogens with zero attached hydrogens (tertiary/aromatic N) is 1. The molecule has 0 fully saturated rings. The first-order chi connectivity index (χ1) is 7.93. The highest BCUT2D eigenvalue weighted by Gasteiger charge is 2.24. The van der Waals surface area contributed by atoms with Crippen LogP contribution in [0.5, 0.6) is 0 Å². The molecule has 17 heavy (non-hydrogen) atoms. The first kappa shape index (κ1) is 15.2. The Balaban J connectivity index is 4.13. The second-order valence-electron chi connectivity index (χ2n) is 3.43. The van der Waals surface area contributed by atoms with Gasteiger partial charge in [-0.25, -0.2) is 9.59 Å². The number of methoxy groups -OCH3 is 1. The van der Waals surface area contributed by atoms with Gasteiger partial charge >= 0.3 is 18.0 Å². The normalized spacial score (nSPS) is 11.5. The van der Waals surface area contributed by atoms with E-state index in [-0.39, 0.29) is 13.0 Å². The molecule has 0 saturated carbocycles. The number of carboxylic acid groups (broad SMARTS) is 1. The number of carboxylic acids is 1. The van der Waals surface area contributed by atoms with Gasteiger partial charge in [-0.2, -0.15) is 0 Å². The quantitative estimate of drug-likeness (QED) is 0.646. The number of aliphatic carboxylic acids is 1. The molecule has 0 aromatic carbocycles. The van der Waals surface area contributed by atoms with Crippen molar-refractivity contribution in [1.82, 2.24) is 10.2 Å². The summed E-state index contributed by atoms with van der Waals surface area (Å²) in [6.07, 6.45) is 0.371. The summed E-state index contributed by atoms with van der Waals surface area (Å²) in [5.74, 6) is -1.49. The van der Waals surface area contributed by atoms with E-state index in [1.807, 2.05) is 0 Å². The number of hydrogen-bond acceptors (Lipinski definition) is 4. The van der Waals surface area contributed by atoms with E-state index in [0.29, 0.717) is 6.42 Å². The van der Waals surface area contributed by atoms with Gasteiger partial charge in [0, 0.05) is 13.6 Å². The summed E-state index contributed by atoms with van der Waals surface area (Å²) in [4.78, 5) is 34.2. The number of ether oxygens (including phenoxy) is 1. The van der Waals surface area contributed by atoms with Gasteiger partial charge in [-0.15, -0.1) is 0 Å². The Kier molecular flexibility index (Phi) is 6.69. The van der Waals surface area contributed by atoms with Crippen molar-refractivity contribution in [3.8, 4) is 0 Å². The van der Waals surface area contributed by atoms with Gasteiger partial charge in [0.1, 0.15) is 6.04 Å². The fourth-order valence-electron chi connectivity index (χ4n) is 1.25. The molecule has 7 nitrogen and oxygen atoms in total. The lowest BCUT2D eigenvalue weighted by Gasteiger charge is -2.23. The van der Waals surface area contributed by atoms with Gasteiger partial charge in [-0.3, -0.25) is 4.79 Å². The number of nitrogens with one attached hydrogen (secondary N) is 1. The van der Waals surface area contributed by atoms with Gasteiger partial charge in [0.05, 0.1) is 13.5 Å². The lowest BCUT2D eigenvalue weighted by molar-refractivity contribution is -0.142. The highest BCUT2D eigenvalue weighted by Crippen LogP contribution is 2.02. The Morgan fingerprint density at radius 1 is 1.41 bits per heavy atom. The zero-order valence-electron chi connectivity index (χ0n) is 10.2. The average Bonchev–Trinajstić information content (AvgIpc) is 2.28. The van der Waals surface area contributed by atoms with Crippen LogP contribution in [0.3, 0.4) is 0 Å². The molecule has 1 atom stereocenters. The maximum Gasteiger partial charge on any atom is 0.326 e. The number of rotatable bonds is 6. The molecule has 0 rings (SSSR count). The number of hydrogen-bond donors (Lipinski definition) is 2. The van der Waals surface area contributed by atoms with Crippen molar-refractivity contribution in [2.45, 2.75) is 25.8 Å². The molecule has 0 saturated heterocycles. The summed E-state index contributed by atoms with van der Waals surface area (Å²) in [6, 6.07) is -1.39. The summed E-state index contributed by atoms with van der Waals surface area (Å²) in [5, 5.41) is 11.3. The van der Waals surface area contributed by atoms with Crippen molar-refractivity contribution in [1.29, 1.82) is 0 Å². The van der Waals surface area contributed by atoms with Crippen molar-refractivity contribution >= 4 is 18.0 Å². The van der Waals surface area contributed by atoms with Crippen molar-refractivity contribution in [3.05, 3.63) is 0 Å². The first-order valence-electron chi connectivity index (χ1n) is 5.24. The smallest absolute Gasteiger partial charge is 0.326 e. The molecule has 0 spiro atoms. The zero-order valence-corrected chi connectivity index (χ0v) is 10.2. The molecule has 2 N–H and O–H groups in total. The Morgan fingerprint density at radius 3 is 2.41 bits per heavy atom. The van der Waals surface area contributed by atoms with E-state index in [1.165, 1.54) is 14.2 Å². The minimum atomic E-state index is -1.06. The minimum absolute atomic E-state index is 0.0555. The molecule has 1 unspecified atom stereocenters. The van der Waals surface area contributed by atoms with Crippen LogP contribution in [-0.2, 0) is 14.3 Å². The van der Waals surface area contributed by atoms with E-state index < -0.39 is 24.0 Å². The largest absolute Gasteiger partial charge is 0.480 e. The molecule has 0 aromatic rings. The molecule has 0 heterocycles. The third-order valence-electron chi connectivity index (χ3n) is 2.29. The van der Waals surface area contributed by atoms with E-state index in [0.717, 1.165) is 4.90 Å². The van der Waals surface area contributed by atoms with Crippen LogP contribution in [0.4, 0.5) is 4.79 Å². The summed E-state index contributed by atoms with van der Waals surface area (Å²) >= 11 is 0. The van der Waals surface area contributed by atoms with Gasteiger partial charge in [-0.05, 0) is 6.42 Å². The van der Waals surface area contributed by atoms with E-state index in [1.54, 1.807) is 6.92 Å². The standard InChI is InChI=1S/C10H18N2O5/c1-4-7(9(14)15)12(2)10(16)11-6-5-8(13)17-3/h7H,4-6H2,1-3H3,(H,11,16)(H,14,15). The number of urea groups is 1. The zero-order chi connectivity index (χ0) is 13.4. The third kappa shape index (κ3) is 5.19. The van der Waals surface area contributed by atoms with Gasteiger partial charge in [0.25, 0.3) is 0 Å². The lowest BCUT2D eigenvalue weighted by atomic mass is 10.2. The van der Waals surface area contributed by atoms with Crippen LogP contribution >= 0.6 is 0 Å². The third-order valence-corrected chi connectivity index (χ3v) is 2.29. The number of amides is 2. The predicted octanol–water partition coefficient (Wildman–Crippen LogP) is 0.0541. The van der Waals surface area contributed by atoms with Crippen LogP contribution in [0.25, 0.3) is 0 Å². The number of carbonyl (C=O) groups is 3. The maximum atomic E-state index is 11.5. The summed E-state index contributed by atoms with van der Waals surface area (Å²) in [7, 11) is 2.66. The fraction of sp³-hybridized carbons (Fsp3) is 0.700. The molecule has 7 heteroatoms. The van der Waals surface area contributed by atoms with Gasteiger partial charge in [0.2, 0.25) is 0 Å². The number of likely N-dealkylation sites (N-methyl/N-ethyl adjacent to an activating group) is 1. The lowest BCUT2D eigenvalue weighted by Crippen LogP contribution is -2.47. The van der Waals surface area contributed by atoms with Crippen molar-refractivity contribution in [2.24, 2.45) is 0 Å². The molecular weight excluding hydrogens is 228 g/mol. The molecule has 0 aliphatic rings. The highest BCUT2D eigenvalue weighted by molar-refractivity contribution is 5.82. The van der Waals surface area contributed by atoms with Crippen LogP contribution in [0.2, 0.25) is 0 Å². The van der Waals surface area contributed by atoms with Crippen molar-refractivity contribution in [2.75, 3.05) is 20.7 Å². The van der Waals surface area contributed by atoms with E-state index >= 15 is 0 Å². The maximum absolute atomic E-state index is 11.5. The molecule has 2 amide bonds. The highest BCUT2D eigenvalue weighted by atomic mass is 16.5. The second kappa shape index (κ2) is 7.48. The monoisotopic (exact) mass is 246 g/mol. The summed E-state index contributed by atoms with van der Waals surface area (Å²) in [5.41, 5.74) is 0. The fourth-order valence-corrected chi connectivity index (χ4v) is 1.25. The second-order valence-corrected chi connectivity index (χ2v) is 3.43. The topological polar surface area (TPSA) is 95.9 Å². The number of carbonyl (C=O) groups excluding carboxylic acids is 2. The molecule has 98 valence electrons. The Bertz CT molecular complexity index is 292. The first-order valence-corrected chi connectivity index (χ1v) is 5.24. The minimum Gasteiger partial charge on any atom is -0.480 e. The van der Waals surface area contributed by atoms with Gasteiger partial charge < -0.3 is 20.1 Å². The molecule has 0 radical (unpaired) electrons. The molecule has 0 bridgehead atoms. The van der Waals surface area contributed by atoms with Crippen LogP contribution < -0.4 is 5.32 Å². The predicted molar refractivity (Wildman–Crippen MR) is 59.5 cm³/mol. The Morgan fingerprint density at radius 2 is 2.00 bits per heavy atom. The molecular formula is C10H18N2O5. The molecule has 0 aliphatic heterocycles. The Labute approximate surface area is 99.7 Å². The molecule has 0 aliphatic carbocycles. The van der Waals surface area contributed by atoms with Crippen LogP contribution in [0.15, 0.2) is 0 Å². The molecule has 0 aromatic heterocycles. The van der Waals surface area contributed by atoms with Gasteiger partial charge in [0.15, 0.2) is 0 Å². The average molecular weight is 246 g/mol. The van der Waals surface area contributed by atoms with Crippen LogP contribution in [0.1, 0.15) is 19.8 Å². The van der Waals surface area contributed by atoms with Gasteiger partial charge in [-0.1, -0.05) is 6.92 Å². The Hall–Kier alpha value is -1.79. The van der Waals surface area contributed by atoms with E-state index in [9.17, 15) is 14.4 Å². The van der Waals surface area contributed by atoms with Crippen molar-refractivity contribution < 1.29 is 24.2 Å². The SMILES string of the molecule is CCC(C(=O)O)N(C)C(=O)NCCC(=O)OC.